The number of hydrogen-bond acceptors (Lipinski definition) is 1. The van der Waals surface area contributed by atoms with Crippen molar-refractivity contribution in [2.24, 2.45) is 13.0 Å². The van der Waals surface area contributed by atoms with Gasteiger partial charge >= 0.3 is 0 Å². The molecule has 0 spiro atoms. The Balaban J connectivity index is 1.85. The number of aromatic nitrogens is 2. The first-order chi connectivity index (χ1) is 10.1. The topological polar surface area (TPSA) is 17.8 Å². The third kappa shape index (κ3) is 2.78. The molecule has 1 aromatic heterocycles. The summed E-state index contributed by atoms with van der Waals surface area (Å²) in [5, 5.41) is 4.69. The number of rotatable bonds is 3. The zero-order valence-corrected chi connectivity index (χ0v) is 14.8. The molecule has 21 heavy (non-hydrogen) atoms. The average molecular weight is 368 g/mol. The van der Waals surface area contributed by atoms with E-state index in [0.29, 0.717) is 5.92 Å². The summed E-state index contributed by atoms with van der Waals surface area (Å²) in [6.45, 7) is 2.14. The van der Waals surface area contributed by atoms with Crippen LogP contribution in [-0.4, -0.2) is 9.78 Å². The van der Waals surface area contributed by atoms with Crippen LogP contribution in [0.4, 0.5) is 0 Å². The second kappa shape index (κ2) is 6.13. The van der Waals surface area contributed by atoms with Crippen LogP contribution >= 0.6 is 27.5 Å². The van der Waals surface area contributed by atoms with Gasteiger partial charge in [0.1, 0.15) is 0 Å². The van der Waals surface area contributed by atoms with Gasteiger partial charge in [0.2, 0.25) is 0 Å². The maximum absolute atomic E-state index is 6.76. The predicted molar refractivity (Wildman–Crippen MR) is 90.8 cm³/mol. The minimum atomic E-state index is 0.0989. The highest BCUT2D eigenvalue weighted by Gasteiger charge is 2.29. The van der Waals surface area contributed by atoms with Crippen molar-refractivity contribution in [1.82, 2.24) is 9.78 Å². The number of halogens is 2. The summed E-state index contributed by atoms with van der Waals surface area (Å²) >= 11 is 10.5. The number of alkyl halides is 1. The molecule has 2 unspecified atom stereocenters. The lowest BCUT2D eigenvalue weighted by molar-refractivity contribution is 0.429. The van der Waals surface area contributed by atoms with Crippen LogP contribution in [0.15, 0.2) is 28.7 Å². The van der Waals surface area contributed by atoms with Gasteiger partial charge in [-0.25, -0.2) is 0 Å². The van der Waals surface area contributed by atoms with Crippen molar-refractivity contribution >= 4 is 27.5 Å². The minimum Gasteiger partial charge on any atom is -0.271 e. The van der Waals surface area contributed by atoms with E-state index in [-0.39, 0.29) is 5.38 Å². The van der Waals surface area contributed by atoms with Crippen LogP contribution in [0.1, 0.15) is 41.2 Å². The van der Waals surface area contributed by atoms with Gasteiger partial charge in [-0.2, -0.15) is 5.10 Å². The lowest BCUT2D eigenvalue weighted by Gasteiger charge is -2.29. The normalized spacial score (nSPS) is 21.3. The van der Waals surface area contributed by atoms with Crippen LogP contribution in [0, 0.1) is 5.92 Å². The highest BCUT2D eigenvalue weighted by Crippen LogP contribution is 2.41. The van der Waals surface area contributed by atoms with Crippen LogP contribution in [0.3, 0.4) is 0 Å². The molecule has 2 atom stereocenters. The van der Waals surface area contributed by atoms with Gasteiger partial charge in [0.15, 0.2) is 0 Å². The molecule has 0 bridgehead atoms. The Morgan fingerprint density at radius 1 is 1.38 bits per heavy atom. The Bertz CT molecular complexity index is 650. The second-order valence-electron chi connectivity index (χ2n) is 5.79. The molecule has 1 aliphatic carbocycles. The van der Waals surface area contributed by atoms with E-state index in [0.717, 1.165) is 35.8 Å². The van der Waals surface area contributed by atoms with Gasteiger partial charge in [-0.05, 0) is 58.7 Å². The monoisotopic (exact) mass is 366 g/mol. The van der Waals surface area contributed by atoms with E-state index in [9.17, 15) is 0 Å². The molecule has 2 aromatic rings. The Morgan fingerprint density at radius 2 is 2.14 bits per heavy atom. The van der Waals surface area contributed by atoms with Gasteiger partial charge < -0.3 is 0 Å². The average Bonchev–Trinajstić information content (AvgIpc) is 2.77. The van der Waals surface area contributed by atoms with Gasteiger partial charge in [0.05, 0.1) is 21.2 Å². The van der Waals surface area contributed by atoms with Crippen molar-refractivity contribution in [3.8, 4) is 0 Å². The molecule has 0 saturated carbocycles. The van der Waals surface area contributed by atoms with E-state index >= 15 is 0 Å². The lowest BCUT2D eigenvalue weighted by atomic mass is 9.81. The third-order valence-electron chi connectivity index (χ3n) is 4.51. The first-order valence-corrected chi connectivity index (χ1v) is 8.76. The first-order valence-electron chi connectivity index (χ1n) is 7.54. The first kappa shape index (κ1) is 15.1. The number of nitrogens with zero attached hydrogens (tertiary/aromatic N) is 2. The van der Waals surface area contributed by atoms with Crippen LogP contribution in [0.25, 0.3) is 0 Å². The van der Waals surface area contributed by atoms with Gasteiger partial charge in [-0.1, -0.05) is 31.2 Å². The van der Waals surface area contributed by atoms with Crippen molar-refractivity contribution in [1.29, 1.82) is 0 Å². The van der Waals surface area contributed by atoms with Crippen molar-refractivity contribution in [3.05, 3.63) is 51.3 Å². The van der Waals surface area contributed by atoms with E-state index in [2.05, 4.69) is 52.2 Å². The second-order valence-corrected chi connectivity index (χ2v) is 7.05. The summed E-state index contributed by atoms with van der Waals surface area (Å²) in [4.78, 5) is 0. The molecule has 0 aliphatic heterocycles. The molecule has 2 nitrogen and oxygen atoms in total. The lowest BCUT2D eigenvalue weighted by Crippen LogP contribution is -2.20. The van der Waals surface area contributed by atoms with Crippen molar-refractivity contribution in [2.75, 3.05) is 0 Å². The Hall–Kier alpha value is -0.800. The number of benzene rings is 1. The highest BCUT2D eigenvalue weighted by atomic mass is 79.9. The quantitative estimate of drug-likeness (QED) is 0.710. The molecular weight excluding hydrogens is 348 g/mol. The molecule has 4 heteroatoms. The molecule has 0 saturated heterocycles. The number of aryl methyl sites for hydroxylation is 3. The van der Waals surface area contributed by atoms with E-state index in [1.807, 2.05) is 11.7 Å². The molecule has 0 amide bonds. The van der Waals surface area contributed by atoms with Gasteiger partial charge in [-0.3, -0.25) is 4.68 Å². The standard InChI is InChI=1S/C17H20BrClN2/c1-3-14-16(18)15(21(2)20-14)10-12-9-8-11-6-4-5-7-13(11)17(12)19/h4-7,12,17H,3,8-10H2,1-2H3. The van der Waals surface area contributed by atoms with Crippen LogP contribution in [0.2, 0.25) is 0 Å². The van der Waals surface area contributed by atoms with Crippen LogP contribution in [-0.2, 0) is 26.3 Å². The summed E-state index contributed by atoms with van der Waals surface area (Å²) in [6, 6.07) is 8.57. The fraction of sp³-hybridized carbons (Fsp3) is 0.471. The molecule has 1 aromatic carbocycles. The van der Waals surface area contributed by atoms with Gasteiger partial charge in [0.25, 0.3) is 0 Å². The Morgan fingerprint density at radius 3 is 2.86 bits per heavy atom. The maximum Gasteiger partial charge on any atom is 0.0766 e. The fourth-order valence-corrected chi connectivity index (χ4v) is 4.47. The van der Waals surface area contributed by atoms with Crippen molar-refractivity contribution in [2.45, 2.75) is 38.0 Å². The van der Waals surface area contributed by atoms with E-state index in [1.54, 1.807) is 0 Å². The third-order valence-corrected chi connectivity index (χ3v) is 6.02. The largest absolute Gasteiger partial charge is 0.271 e. The molecule has 1 heterocycles. The van der Waals surface area contributed by atoms with E-state index in [1.165, 1.54) is 16.8 Å². The molecule has 3 rings (SSSR count). The van der Waals surface area contributed by atoms with E-state index < -0.39 is 0 Å². The summed E-state index contributed by atoms with van der Waals surface area (Å²) in [5.41, 5.74) is 5.12. The number of hydrogen-bond donors (Lipinski definition) is 0. The fourth-order valence-electron chi connectivity index (χ4n) is 3.27. The Kier molecular flexibility index (Phi) is 4.41. The maximum atomic E-state index is 6.76. The van der Waals surface area contributed by atoms with Crippen molar-refractivity contribution < 1.29 is 0 Å². The molecular formula is C17H20BrClN2. The van der Waals surface area contributed by atoms with Crippen molar-refractivity contribution in [3.63, 3.8) is 0 Å². The molecule has 0 radical (unpaired) electrons. The predicted octanol–water partition coefficient (Wildman–Crippen LogP) is 4.83. The zero-order chi connectivity index (χ0) is 15.0. The Labute approximate surface area is 139 Å². The van der Waals surface area contributed by atoms with Crippen LogP contribution < -0.4 is 0 Å². The molecule has 1 aliphatic rings. The minimum absolute atomic E-state index is 0.0989. The summed E-state index contributed by atoms with van der Waals surface area (Å²) < 4.78 is 3.17. The smallest absolute Gasteiger partial charge is 0.0766 e. The highest BCUT2D eigenvalue weighted by molar-refractivity contribution is 9.10. The van der Waals surface area contributed by atoms with E-state index in [4.69, 9.17) is 11.6 Å². The summed E-state index contributed by atoms with van der Waals surface area (Å²) in [7, 11) is 2.03. The summed E-state index contributed by atoms with van der Waals surface area (Å²) in [5.74, 6) is 0.470. The zero-order valence-electron chi connectivity index (χ0n) is 12.4. The molecule has 112 valence electrons. The van der Waals surface area contributed by atoms with Crippen LogP contribution in [0.5, 0.6) is 0 Å². The SMILES string of the molecule is CCc1nn(C)c(CC2CCc3ccccc3C2Cl)c1Br. The molecule has 0 N–H and O–H groups in total. The summed E-state index contributed by atoms with van der Waals surface area (Å²) in [6.07, 6.45) is 4.20. The number of fused-ring (bicyclic) bond motifs is 1. The van der Waals surface area contributed by atoms with Gasteiger partial charge in [0, 0.05) is 7.05 Å². The molecule has 0 fully saturated rings. The van der Waals surface area contributed by atoms with Gasteiger partial charge in [-0.15, -0.1) is 11.6 Å².